The van der Waals surface area contributed by atoms with Crippen LogP contribution in [0.5, 0.6) is 23.0 Å². The molecule has 1 aromatic heterocycles. The summed E-state index contributed by atoms with van der Waals surface area (Å²) in [5.74, 6) is 0.920. The molecule has 3 amide bonds. The van der Waals surface area contributed by atoms with Crippen LogP contribution in [0.4, 0.5) is 33.4 Å². The van der Waals surface area contributed by atoms with Gasteiger partial charge in [-0.15, -0.1) is 0 Å². The number of carboxylic acid groups (broad SMARTS) is 1. The summed E-state index contributed by atoms with van der Waals surface area (Å²) in [7, 11) is 1.60. The number of hydrogen-bond donors (Lipinski definition) is 6. The van der Waals surface area contributed by atoms with E-state index in [1.54, 1.807) is 48.7 Å². The van der Waals surface area contributed by atoms with Gasteiger partial charge in [0.05, 0.1) is 36.8 Å². The number of nitrogens with zero attached hydrogens (tertiary/aromatic N) is 1. The van der Waals surface area contributed by atoms with Gasteiger partial charge in [-0.1, -0.05) is 45.0 Å². The molecule has 0 saturated carbocycles. The Morgan fingerprint density at radius 3 is 2.28 bits per heavy atom. The highest BCUT2D eigenvalue weighted by atomic mass is 32.2. The van der Waals surface area contributed by atoms with Crippen LogP contribution in [0.15, 0.2) is 85.1 Å². The number of methoxy groups -OCH3 is 2. The molecule has 0 aliphatic carbocycles. The van der Waals surface area contributed by atoms with E-state index >= 15 is 0 Å². The minimum absolute atomic E-state index is 0.270. The van der Waals surface area contributed by atoms with E-state index in [1.807, 2.05) is 57.2 Å². The van der Waals surface area contributed by atoms with E-state index in [9.17, 15) is 18.6 Å². The summed E-state index contributed by atoms with van der Waals surface area (Å²) >= 11 is 0. The van der Waals surface area contributed by atoms with Gasteiger partial charge in [0, 0.05) is 54.2 Å². The van der Waals surface area contributed by atoms with Crippen LogP contribution in [-0.4, -0.2) is 72.4 Å². The number of unbranched alkanes of at least 4 members (excludes halogenated alkanes) is 1. The molecule has 16 heteroatoms. The molecule has 0 saturated heterocycles. The lowest BCUT2D eigenvalue weighted by atomic mass is 9.86. The zero-order chi connectivity index (χ0) is 41.8. The SMILES string of the molecule is COc1cc(Nc2cc(Oc3ccc(NC(=O)Nc4cc(C(C)(C)C)cc(NS(C)=O)c4OC)c4ccccc34)ccn2)ccc1C(=O)NCCCCOCC(=O)O. The molecule has 58 heavy (non-hydrogen) atoms. The summed E-state index contributed by atoms with van der Waals surface area (Å²) in [5.41, 5.74) is 3.08. The largest absolute Gasteiger partial charge is 0.496 e. The van der Waals surface area contributed by atoms with Crippen molar-refractivity contribution in [1.29, 1.82) is 0 Å². The third-order valence-electron chi connectivity index (χ3n) is 8.70. The fourth-order valence-electron chi connectivity index (χ4n) is 5.91. The number of benzene rings is 4. The van der Waals surface area contributed by atoms with Crippen LogP contribution in [0.2, 0.25) is 0 Å². The van der Waals surface area contributed by atoms with E-state index < -0.39 is 23.0 Å². The normalized spacial score (nSPS) is 11.6. The van der Waals surface area contributed by atoms with Crippen molar-refractivity contribution in [3.63, 3.8) is 0 Å². The number of anilines is 5. The maximum Gasteiger partial charge on any atom is 0.329 e. The minimum atomic E-state index is -1.37. The van der Waals surface area contributed by atoms with Crippen LogP contribution in [-0.2, 0) is 25.9 Å². The number of amides is 3. The Bertz CT molecular complexity index is 2300. The highest BCUT2D eigenvalue weighted by molar-refractivity contribution is 7.85. The molecule has 0 aliphatic heterocycles. The minimum Gasteiger partial charge on any atom is -0.496 e. The molecule has 4 aromatic carbocycles. The number of urea groups is 1. The molecule has 5 aromatic rings. The van der Waals surface area contributed by atoms with Crippen molar-refractivity contribution >= 4 is 68.2 Å². The van der Waals surface area contributed by atoms with Crippen LogP contribution in [0.25, 0.3) is 10.8 Å². The number of hydrogen-bond acceptors (Lipinski definition) is 10. The zero-order valence-electron chi connectivity index (χ0n) is 33.2. The second-order valence-electron chi connectivity index (χ2n) is 14.1. The lowest BCUT2D eigenvalue weighted by Crippen LogP contribution is -2.25. The fourth-order valence-corrected chi connectivity index (χ4v) is 6.37. The van der Waals surface area contributed by atoms with Gasteiger partial charge in [-0.2, -0.15) is 0 Å². The first-order chi connectivity index (χ1) is 27.7. The number of fused-ring (bicyclic) bond motifs is 1. The second kappa shape index (κ2) is 19.7. The van der Waals surface area contributed by atoms with Gasteiger partial charge in [-0.25, -0.2) is 18.8 Å². The van der Waals surface area contributed by atoms with E-state index in [0.717, 1.165) is 16.3 Å². The van der Waals surface area contributed by atoms with Crippen molar-refractivity contribution in [3.8, 4) is 23.0 Å². The third-order valence-corrected chi connectivity index (χ3v) is 9.20. The van der Waals surface area contributed by atoms with Gasteiger partial charge in [0.1, 0.15) is 40.7 Å². The first kappa shape index (κ1) is 42.7. The number of carbonyl (C=O) groups is 3. The molecule has 1 heterocycles. The smallest absolute Gasteiger partial charge is 0.329 e. The second-order valence-corrected chi connectivity index (χ2v) is 15.2. The van der Waals surface area contributed by atoms with Gasteiger partial charge in [-0.05, 0) is 66.3 Å². The summed E-state index contributed by atoms with van der Waals surface area (Å²) in [4.78, 5) is 41.3. The highest BCUT2D eigenvalue weighted by Crippen LogP contribution is 2.40. The molecule has 1 atom stereocenters. The summed E-state index contributed by atoms with van der Waals surface area (Å²) in [5, 5.41) is 22.1. The Kier molecular flexibility index (Phi) is 14.5. The maximum absolute atomic E-state index is 13.5. The summed E-state index contributed by atoms with van der Waals surface area (Å²) < 4.78 is 37.5. The van der Waals surface area contributed by atoms with Gasteiger partial charge in [0.25, 0.3) is 5.91 Å². The zero-order valence-corrected chi connectivity index (χ0v) is 34.0. The molecule has 306 valence electrons. The average molecular weight is 813 g/mol. The number of ether oxygens (including phenoxy) is 4. The lowest BCUT2D eigenvalue weighted by Gasteiger charge is -2.24. The van der Waals surface area contributed by atoms with Crippen LogP contribution in [0.1, 0.15) is 49.5 Å². The van der Waals surface area contributed by atoms with Gasteiger partial charge >= 0.3 is 12.0 Å². The molecule has 0 fully saturated rings. The molecule has 1 unspecified atom stereocenters. The van der Waals surface area contributed by atoms with Gasteiger partial charge in [0.15, 0.2) is 5.75 Å². The number of aliphatic carboxylic acids is 1. The number of carboxylic acids is 1. The van der Waals surface area contributed by atoms with E-state index in [0.29, 0.717) is 83.1 Å². The number of rotatable bonds is 18. The van der Waals surface area contributed by atoms with E-state index in [4.69, 9.17) is 24.1 Å². The number of carbonyl (C=O) groups excluding carboxylic acids is 2. The Labute approximate surface area is 339 Å². The average Bonchev–Trinajstić information content (AvgIpc) is 3.17. The monoisotopic (exact) mass is 812 g/mol. The predicted octanol–water partition coefficient (Wildman–Crippen LogP) is 8.05. The Morgan fingerprint density at radius 1 is 0.828 bits per heavy atom. The summed E-state index contributed by atoms with van der Waals surface area (Å²) in [6.45, 7) is 6.48. The van der Waals surface area contributed by atoms with Crippen LogP contribution in [0.3, 0.4) is 0 Å². The molecule has 6 N–H and O–H groups in total. The third kappa shape index (κ3) is 11.6. The summed E-state index contributed by atoms with van der Waals surface area (Å²) in [6, 6.07) is 22.8. The molecule has 0 radical (unpaired) electrons. The molecule has 0 bridgehead atoms. The first-order valence-electron chi connectivity index (χ1n) is 18.3. The summed E-state index contributed by atoms with van der Waals surface area (Å²) in [6.07, 6.45) is 4.36. The first-order valence-corrected chi connectivity index (χ1v) is 19.9. The van der Waals surface area contributed by atoms with Crippen molar-refractivity contribution < 1.29 is 42.6 Å². The molecule has 0 spiro atoms. The fraction of sp³-hybridized carbons (Fsp3) is 0.286. The Balaban J connectivity index is 1.27. The van der Waals surface area contributed by atoms with E-state index in [2.05, 4.69) is 31.0 Å². The van der Waals surface area contributed by atoms with Crippen molar-refractivity contribution in [2.75, 3.05) is 60.9 Å². The topological polar surface area (TPSA) is 198 Å². The molecular formula is C42H48N6O9S. The highest BCUT2D eigenvalue weighted by Gasteiger charge is 2.22. The van der Waals surface area contributed by atoms with Gasteiger partial charge in [-0.3, -0.25) is 4.79 Å². The Hall–Kier alpha value is -6.39. The van der Waals surface area contributed by atoms with Gasteiger partial charge < -0.3 is 50.0 Å². The van der Waals surface area contributed by atoms with Crippen LogP contribution < -0.4 is 40.2 Å². The molecule has 0 aliphatic rings. The maximum atomic E-state index is 13.5. The quantitative estimate of drug-likeness (QED) is 0.0468. The molecule has 15 nitrogen and oxygen atoms in total. The van der Waals surface area contributed by atoms with Crippen molar-refractivity contribution in [1.82, 2.24) is 10.3 Å². The van der Waals surface area contributed by atoms with E-state index in [-0.39, 0.29) is 17.9 Å². The van der Waals surface area contributed by atoms with Crippen molar-refractivity contribution in [3.05, 3.63) is 96.2 Å². The number of aromatic nitrogens is 1. The van der Waals surface area contributed by atoms with Gasteiger partial charge in [0.2, 0.25) is 0 Å². The van der Waals surface area contributed by atoms with Crippen molar-refractivity contribution in [2.24, 2.45) is 0 Å². The lowest BCUT2D eigenvalue weighted by molar-refractivity contribution is -0.142. The molecule has 5 rings (SSSR count). The Morgan fingerprint density at radius 2 is 1.57 bits per heavy atom. The standard InChI is InChI=1S/C42H48N6O9S/c1-42(2,3)26-21-33(39(55-5)34(22-26)48-58(6)53)47-41(52)46-32-15-16-35(30-12-8-7-11-29(30)32)57-28-17-19-43-37(24-28)45-27-13-14-31(36(23-27)54-4)40(51)44-18-9-10-20-56-25-38(49)50/h7-8,11-17,19,21-24,48H,9-10,18,20,25H2,1-6H3,(H,43,45)(H,44,51)(H,49,50)(H2,46,47,52). The van der Waals surface area contributed by atoms with Crippen molar-refractivity contribution in [2.45, 2.75) is 39.0 Å². The molecular weight excluding hydrogens is 765 g/mol. The van der Waals surface area contributed by atoms with E-state index in [1.165, 1.54) is 20.5 Å². The van der Waals surface area contributed by atoms with Crippen LogP contribution >= 0.6 is 0 Å². The number of pyridine rings is 1. The number of nitrogens with one attached hydrogen (secondary N) is 5. The van der Waals surface area contributed by atoms with Crippen LogP contribution in [0, 0.1) is 0 Å². The predicted molar refractivity (Wildman–Crippen MR) is 227 cm³/mol.